The summed E-state index contributed by atoms with van der Waals surface area (Å²) >= 11 is 0. The predicted molar refractivity (Wildman–Crippen MR) is 130 cm³/mol. The van der Waals surface area contributed by atoms with Crippen molar-refractivity contribution in [3.05, 3.63) is 65.7 Å². The Morgan fingerprint density at radius 3 is 2.27 bits per heavy atom. The molecule has 0 atom stereocenters. The SMILES string of the molecule is CC(C)CCc1nc(CCC(C)C)n(Cc2ccc(-c3cccc(-c4nn[nH]n4)c3)cc2)n1. The van der Waals surface area contributed by atoms with Crippen LogP contribution < -0.4 is 0 Å². The summed E-state index contributed by atoms with van der Waals surface area (Å²) in [5.41, 5.74) is 4.44. The van der Waals surface area contributed by atoms with Gasteiger partial charge in [-0.1, -0.05) is 70.2 Å². The highest BCUT2D eigenvalue weighted by atomic mass is 15.5. The average molecular weight is 444 g/mol. The number of hydrogen-bond acceptors (Lipinski definition) is 5. The number of aromatic amines is 1. The van der Waals surface area contributed by atoms with Crippen LogP contribution in [0, 0.1) is 11.8 Å². The molecule has 0 saturated heterocycles. The summed E-state index contributed by atoms with van der Waals surface area (Å²) in [6.07, 6.45) is 4.14. The monoisotopic (exact) mass is 443 g/mol. The third-order valence-corrected chi connectivity index (χ3v) is 5.77. The van der Waals surface area contributed by atoms with Gasteiger partial charge in [0.25, 0.3) is 0 Å². The van der Waals surface area contributed by atoms with Gasteiger partial charge >= 0.3 is 0 Å². The lowest BCUT2D eigenvalue weighted by molar-refractivity contribution is 0.545. The molecule has 0 radical (unpaired) electrons. The second kappa shape index (κ2) is 10.5. The maximum Gasteiger partial charge on any atom is 0.204 e. The molecule has 0 aliphatic rings. The number of nitrogens with zero attached hydrogens (tertiary/aromatic N) is 6. The molecule has 1 N–H and O–H groups in total. The third kappa shape index (κ3) is 6.12. The van der Waals surface area contributed by atoms with Crippen LogP contribution in [0.5, 0.6) is 0 Å². The van der Waals surface area contributed by atoms with Crippen LogP contribution in [-0.4, -0.2) is 35.4 Å². The van der Waals surface area contributed by atoms with Crippen molar-refractivity contribution in [2.24, 2.45) is 11.8 Å². The Labute approximate surface area is 195 Å². The van der Waals surface area contributed by atoms with Crippen LogP contribution in [0.15, 0.2) is 48.5 Å². The van der Waals surface area contributed by atoms with Crippen LogP contribution >= 0.6 is 0 Å². The second-order valence-corrected chi connectivity index (χ2v) is 9.48. The summed E-state index contributed by atoms with van der Waals surface area (Å²) in [5.74, 6) is 3.97. The lowest BCUT2D eigenvalue weighted by Crippen LogP contribution is -2.08. The Morgan fingerprint density at radius 1 is 0.848 bits per heavy atom. The van der Waals surface area contributed by atoms with E-state index in [1.807, 2.05) is 12.1 Å². The summed E-state index contributed by atoms with van der Waals surface area (Å²) in [6, 6.07) is 16.9. The van der Waals surface area contributed by atoms with Crippen molar-refractivity contribution in [1.29, 1.82) is 0 Å². The summed E-state index contributed by atoms with van der Waals surface area (Å²) in [7, 11) is 0. The smallest absolute Gasteiger partial charge is 0.204 e. The molecule has 172 valence electrons. The van der Waals surface area contributed by atoms with E-state index in [4.69, 9.17) is 10.1 Å². The molecular formula is C26H33N7. The maximum absolute atomic E-state index is 4.88. The van der Waals surface area contributed by atoms with Gasteiger partial charge in [0.1, 0.15) is 5.82 Å². The molecule has 0 unspecified atom stereocenters. The van der Waals surface area contributed by atoms with E-state index in [-0.39, 0.29) is 0 Å². The quantitative estimate of drug-likeness (QED) is 0.357. The zero-order chi connectivity index (χ0) is 23.2. The topological polar surface area (TPSA) is 85.2 Å². The fourth-order valence-corrected chi connectivity index (χ4v) is 3.78. The molecule has 0 fully saturated rings. The maximum atomic E-state index is 4.88. The molecule has 4 aromatic rings. The van der Waals surface area contributed by atoms with Crippen LogP contribution in [0.4, 0.5) is 0 Å². The van der Waals surface area contributed by atoms with E-state index in [1.54, 1.807) is 0 Å². The van der Waals surface area contributed by atoms with Gasteiger partial charge < -0.3 is 0 Å². The van der Waals surface area contributed by atoms with Gasteiger partial charge in [-0.2, -0.15) is 10.3 Å². The van der Waals surface area contributed by atoms with Gasteiger partial charge in [-0.05, 0) is 52.6 Å². The van der Waals surface area contributed by atoms with Gasteiger partial charge in [0.05, 0.1) is 6.54 Å². The number of hydrogen-bond donors (Lipinski definition) is 1. The Kier molecular flexibility index (Phi) is 7.27. The number of nitrogens with one attached hydrogen (secondary N) is 1. The van der Waals surface area contributed by atoms with Crippen LogP contribution in [-0.2, 0) is 19.4 Å². The van der Waals surface area contributed by atoms with Crippen LogP contribution in [0.25, 0.3) is 22.5 Å². The summed E-state index contributed by atoms with van der Waals surface area (Å²) < 4.78 is 2.10. The molecule has 7 heteroatoms. The summed E-state index contributed by atoms with van der Waals surface area (Å²) in [4.78, 5) is 4.88. The van der Waals surface area contributed by atoms with Gasteiger partial charge in [0.15, 0.2) is 5.82 Å². The molecule has 0 spiro atoms. The van der Waals surface area contributed by atoms with Crippen molar-refractivity contribution in [2.45, 2.75) is 59.9 Å². The highest BCUT2D eigenvalue weighted by Crippen LogP contribution is 2.25. The summed E-state index contributed by atoms with van der Waals surface area (Å²) in [5, 5.41) is 19.2. The van der Waals surface area contributed by atoms with E-state index in [9.17, 15) is 0 Å². The zero-order valence-electron chi connectivity index (χ0n) is 20.0. The minimum atomic E-state index is 0.599. The van der Waals surface area contributed by atoms with Gasteiger partial charge in [-0.25, -0.2) is 9.67 Å². The summed E-state index contributed by atoms with van der Waals surface area (Å²) in [6.45, 7) is 9.75. The van der Waals surface area contributed by atoms with E-state index < -0.39 is 0 Å². The first-order valence-corrected chi connectivity index (χ1v) is 11.8. The molecule has 0 bridgehead atoms. The molecule has 4 rings (SSSR count). The standard InChI is InChI=1S/C26H33N7/c1-18(2)8-14-24-27-25(15-9-19(3)4)33(30-24)17-20-10-12-21(13-11-20)22-6-5-7-23(16-22)26-28-31-32-29-26/h5-7,10-13,16,18-19H,8-9,14-15,17H2,1-4H3,(H,28,29,31,32). The Balaban J connectivity index is 1.51. The second-order valence-electron chi connectivity index (χ2n) is 9.48. The number of tetrazole rings is 1. The fourth-order valence-electron chi connectivity index (χ4n) is 3.78. The number of aromatic nitrogens is 7. The van der Waals surface area contributed by atoms with E-state index in [0.29, 0.717) is 17.7 Å². The first kappa shape index (κ1) is 22.8. The lowest BCUT2D eigenvalue weighted by Gasteiger charge is -2.09. The number of benzene rings is 2. The molecule has 2 aromatic heterocycles. The number of aryl methyl sites for hydroxylation is 2. The minimum Gasteiger partial charge on any atom is -0.245 e. The minimum absolute atomic E-state index is 0.599. The average Bonchev–Trinajstić information content (AvgIpc) is 3.47. The van der Waals surface area contributed by atoms with Gasteiger partial charge in [-0.3, -0.25) is 0 Å². The molecular weight excluding hydrogens is 410 g/mol. The highest BCUT2D eigenvalue weighted by molar-refractivity contribution is 5.70. The first-order chi connectivity index (χ1) is 16.0. The molecule has 7 nitrogen and oxygen atoms in total. The molecule has 2 heterocycles. The lowest BCUT2D eigenvalue weighted by atomic mass is 10.0. The van der Waals surface area contributed by atoms with Crippen molar-refractivity contribution >= 4 is 0 Å². The van der Waals surface area contributed by atoms with Gasteiger partial charge in [-0.15, -0.1) is 10.2 Å². The molecule has 0 saturated carbocycles. The van der Waals surface area contributed by atoms with Crippen LogP contribution in [0.1, 0.15) is 57.7 Å². The van der Waals surface area contributed by atoms with Crippen molar-refractivity contribution in [3.63, 3.8) is 0 Å². The van der Waals surface area contributed by atoms with Crippen molar-refractivity contribution in [3.8, 4) is 22.5 Å². The number of rotatable bonds is 10. The highest BCUT2D eigenvalue weighted by Gasteiger charge is 2.12. The molecule has 0 aliphatic heterocycles. The molecule has 33 heavy (non-hydrogen) atoms. The van der Waals surface area contributed by atoms with Crippen molar-refractivity contribution in [2.75, 3.05) is 0 Å². The first-order valence-electron chi connectivity index (χ1n) is 11.8. The fraction of sp³-hybridized carbons (Fsp3) is 0.423. The van der Waals surface area contributed by atoms with E-state index in [2.05, 4.69) is 89.4 Å². The normalized spacial score (nSPS) is 11.6. The van der Waals surface area contributed by atoms with Crippen molar-refractivity contribution < 1.29 is 0 Å². The van der Waals surface area contributed by atoms with Gasteiger partial charge in [0.2, 0.25) is 5.82 Å². The molecule has 0 amide bonds. The van der Waals surface area contributed by atoms with Crippen LogP contribution in [0.2, 0.25) is 0 Å². The van der Waals surface area contributed by atoms with Crippen LogP contribution in [0.3, 0.4) is 0 Å². The van der Waals surface area contributed by atoms with Gasteiger partial charge in [0, 0.05) is 18.4 Å². The van der Waals surface area contributed by atoms with E-state index in [1.165, 1.54) is 5.56 Å². The Bertz CT molecular complexity index is 1140. The zero-order valence-corrected chi connectivity index (χ0v) is 20.0. The Hall–Kier alpha value is -3.35. The molecule has 2 aromatic carbocycles. The number of H-pyrrole nitrogens is 1. The van der Waals surface area contributed by atoms with E-state index in [0.717, 1.165) is 60.6 Å². The molecule has 0 aliphatic carbocycles. The Morgan fingerprint density at radius 2 is 1.58 bits per heavy atom. The third-order valence-electron chi connectivity index (χ3n) is 5.77. The van der Waals surface area contributed by atoms with Crippen molar-refractivity contribution in [1.82, 2.24) is 35.4 Å². The largest absolute Gasteiger partial charge is 0.245 e. The predicted octanol–water partition coefficient (Wildman–Crippen LogP) is 5.35. The van der Waals surface area contributed by atoms with E-state index >= 15 is 0 Å².